The number of hydrogen-bond donors (Lipinski definition) is 2. The van der Waals surface area contributed by atoms with Gasteiger partial charge in [-0.3, -0.25) is 4.21 Å². The van der Waals surface area contributed by atoms with Crippen LogP contribution in [0.3, 0.4) is 0 Å². The van der Waals surface area contributed by atoms with Crippen molar-refractivity contribution in [3.8, 4) is 0 Å². The van der Waals surface area contributed by atoms with Gasteiger partial charge in [0.2, 0.25) is 5.95 Å². The molecule has 0 spiro atoms. The Morgan fingerprint density at radius 1 is 1.03 bits per heavy atom. The smallest absolute Gasteiger partial charge is 0.227 e. The molecule has 7 rings (SSSR count). The number of nitrogens with zero attached hydrogens (tertiary/aromatic N) is 3. The van der Waals surface area contributed by atoms with Crippen LogP contribution >= 0.6 is 0 Å². The Kier molecular flexibility index (Phi) is 5.76. The largest absolute Gasteiger partial charge is 0.363 e. The molecule has 1 atom stereocenters. The predicted octanol–water partition coefficient (Wildman–Crippen LogP) is 5.58. The van der Waals surface area contributed by atoms with Crippen LogP contribution < -0.4 is 10.2 Å². The quantitative estimate of drug-likeness (QED) is 0.339. The number of aromatic amines is 1. The standard InChI is InChI=1S/C30H33N5OS/c36-37-19-13-26-27(37)28(34-30(15-16-30)14-10-21-6-2-1-3-7-21)33-29(32-26)35-17-11-22(12-18-35)24-20-31-25-9-5-4-8-23(24)25/h1-9,20,22,31H,10-19H2,(H,32,33,34). The summed E-state index contributed by atoms with van der Waals surface area (Å²) in [5.41, 5.74) is 5.04. The van der Waals surface area contributed by atoms with Crippen molar-refractivity contribution in [2.45, 2.75) is 61.3 Å². The molecular formula is C30H33N5OS. The lowest BCUT2D eigenvalue weighted by atomic mass is 9.89. The first kappa shape index (κ1) is 23.0. The number of piperidine rings is 1. The Hall–Kier alpha value is -3.19. The Labute approximate surface area is 220 Å². The topological polar surface area (TPSA) is 73.9 Å². The number of benzene rings is 2. The molecule has 1 saturated carbocycles. The van der Waals surface area contributed by atoms with Crippen LogP contribution in [0.2, 0.25) is 0 Å². The summed E-state index contributed by atoms with van der Waals surface area (Å²) >= 11 is 0. The van der Waals surface area contributed by atoms with Crippen LogP contribution in [0, 0.1) is 0 Å². The number of H-pyrrole nitrogens is 1. The number of nitrogens with one attached hydrogen (secondary N) is 2. The van der Waals surface area contributed by atoms with Gasteiger partial charge in [0, 0.05) is 47.9 Å². The number of aromatic nitrogens is 3. The van der Waals surface area contributed by atoms with Gasteiger partial charge in [-0.2, -0.15) is 4.98 Å². The van der Waals surface area contributed by atoms with Gasteiger partial charge >= 0.3 is 0 Å². The van der Waals surface area contributed by atoms with Crippen LogP contribution in [0.15, 0.2) is 65.7 Å². The molecule has 0 amide bonds. The maximum absolute atomic E-state index is 12.9. The summed E-state index contributed by atoms with van der Waals surface area (Å²) in [6.07, 6.45) is 9.50. The van der Waals surface area contributed by atoms with Gasteiger partial charge in [-0.1, -0.05) is 48.5 Å². The number of hydrogen-bond acceptors (Lipinski definition) is 5. The molecule has 4 heterocycles. The molecule has 0 radical (unpaired) electrons. The van der Waals surface area contributed by atoms with Crippen molar-refractivity contribution in [1.82, 2.24) is 15.0 Å². The monoisotopic (exact) mass is 511 g/mol. The second-order valence-corrected chi connectivity index (χ2v) is 12.4. The summed E-state index contributed by atoms with van der Waals surface area (Å²) in [6.45, 7) is 1.87. The normalized spacial score (nSPS) is 20.8. The van der Waals surface area contributed by atoms with Crippen LogP contribution in [0.5, 0.6) is 0 Å². The lowest BCUT2D eigenvalue weighted by Crippen LogP contribution is -2.35. The molecule has 190 valence electrons. The fourth-order valence-corrected chi connectivity index (χ4v) is 7.41. The zero-order chi connectivity index (χ0) is 24.8. The molecule has 7 heteroatoms. The van der Waals surface area contributed by atoms with E-state index in [0.29, 0.717) is 11.7 Å². The predicted molar refractivity (Wildman–Crippen MR) is 150 cm³/mol. The second kappa shape index (κ2) is 9.28. The molecular weight excluding hydrogens is 478 g/mol. The highest BCUT2D eigenvalue weighted by atomic mass is 32.2. The van der Waals surface area contributed by atoms with Crippen molar-refractivity contribution in [2.75, 3.05) is 29.1 Å². The summed E-state index contributed by atoms with van der Waals surface area (Å²) in [5, 5.41) is 5.13. The van der Waals surface area contributed by atoms with E-state index >= 15 is 0 Å². The molecule has 2 aromatic carbocycles. The molecule has 1 aliphatic carbocycles. The Morgan fingerprint density at radius 2 is 1.81 bits per heavy atom. The van der Waals surface area contributed by atoms with Gasteiger partial charge in [-0.05, 0) is 61.6 Å². The highest BCUT2D eigenvalue weighted by molar-refractivity contribution is 7.85. The van der Waals surface area contributed by atoms with Crippen LogP contribution in [0.25, 0.3) is 10.9 Å². The first-order valence-electron chi connectivity index (χ1n) is 13.6. The molecule has 1 saturated heterocycles. The van der Waals surface area contributed by atoms with Crippen molar-refractivity contribution >= 4 is 33.5 Å². The maximum atomic E-state index is 12.9. The van der Waals surface area contributed by atoms with E-state index in [-0.39, 0.29) is 5.54 Å². The minimum atomic E-state index is -1.02. The van der Waals surface area contributed by atoms with E-state index in [0.717, 1.165) is 80.4 Å². The second-order valence-electron chi connectivity index (χ2n) is 10.9. The number of fused-ring (bicyclic) bond motifs is 2. The van der Waals surface area contributed by atoms with Gasteiger partial charge in [0.25, 0.3) is 0 Å². The summed E-state index contributed by atoms with van der Waals surface area (Å²) < 4.78 is 12.9. The Balaban J connectivity index is 1.10. The summed E-state index contributed by atoms with van der Waals surface area (Å²) in [6, 6.07) is 19.3. The molecule has 2 aromatic heterocycles. The number of rotatable bonds is 7. The van der Waals surface area contributed by atoms with Gasteiger partial charge < -0.3 is 15.2 Å². The highest BCUT2D eigenvalue weighted by Crippen LogP contribution is 2.45. The number of anilines is 2. The Bertz CT molecular complexity index is 1450. The first-order valence-corrected chi connectivity index (χ1v) is 14.9. The van der Waals surface area contributed by atoms with Gasteiger partial charge in [0.05, 0.1) is 16.5 Å². The van der Waals surface area contributed by atoms with E-state index in [1.807, 2.05) is 0 Å². The fourth-order valence-electron chi connectivity index (χ4n) is 6.10. The molecule has 2 N–H and O–H groups in total. The summed E-state index contributed by atoms with van der Waals surface area (Å²) in [4.78, 5) is 16.6. The van der Waals surface area contributed by atoms with Crippen LogP contribution in [0.1, 0.15) is 54.8 Å². The third-order valence-corrected chi connectivity index (χ3v) is 9.95. The number of para-hydroxylation sites is 1. The van der Waals surface area contributed by atoms with E-state index in [1.54, 1.807) is 0 Å². The van der Waals surface area contributed by atoms with Gasteiger partial charge in [-0.25, -0.2) is 4.98 Å². The van der Waals surface area contributed by atoms with E-state index in [4.69, 9.17) is 9.97 Å². The third kappa shape index (κ3) is 4.43. The SMILES string of the molecule is O=S1CCc2nc(N3CCC(c4c[nH]c5ccccc45)CC3)nc(NC3(CCc4ccccc4)CC3)c21. The molecule has 0 bridgehead atoms. The van der Waals surface area contributed by atoms with Crippen molar-refractivity contribution < 1.29 is 4.21 Å². The lowest BCUT2D eigenvalue weighted by Gasteiger charge is -2.32. The molecule has 6 nitrogen and oxygen atoms in total. The zero-order valence-electron chi connectivity index (χ0n) is 21.1. The molecule has 3 aliphatic rings. The van der Waals surface area contributed by atoms with Gasteiger partial charge in [0.15, 0.2) is 0 Å². The van der Waals surface area contributed by atoms with E-state index in [9.17, 15) is 4.21 Å². The summed E-state index contributed by atoms with van der Waals surface area (Å²) in [5.74, 6) is 2.82. The van der Waals surface area contributed by atoms with Crippen LogP contribution in [-0.2, 0) is 23.6 Å². The van der Waals surface area contributed by atoms with Crippen molar-refractivity contribution in [3.63, 3.8) is 0 Å². The zero-order valence-corrected chi connectivity index (χ0v) is 21.9. The Morgan fingerprint density at radius 3 is 2.62 bits per heavy atom. The maximum Gasteiger partial charge on any atom is 0.227 e. The fraction of sp³-hybridized carbons (Fsp3) is 0.400. The van der Waals surface area contributed by atoms with Crippen molar-refractivity contribution in [1.29, 1.82) is 0 Å². The van der Waals surface area contributed by atoms with E-state index < -0.39 is 10.8 Å². The van der Waals surface area contributed by atoms with Crippen molar-refractivity contribution in [2.24, 2.45) is 0 Å². The van der Waals surface area contributed by atoms with E-state index in [1.165, 1.54) is 22.0 Å². The van der Waals surface area contributed by atoms with Crippen LogP contribution in [0.4, 0.5) is 11.8 Å². The lowest BCUT2D eigenvalue weighted by molar-refractivity contribution is 0.501. The number of aryl methyl sites for hydroxylation is 2. The highest BCUT2D eigenvalue weighted by Gasteiger charge is 2.44. The average molecular weight is 512 g/mol. The molecule has 37 heavy (non-hydrogen) atoms. The third-order valence-electron chi connectivity index (χ3n) is 8.49. The minimum Gasteiger partial charge on any atom is -0.363 e. The molecule has 4 aromatic rings. The van der Waals surface area contributed by atoms with Crippen LogP contribution in [-0.4, -0.2) is 43.5 Å². The minimum absolute atomic E-state index is 0.0599. The molecule has 2 fully saturated rings. The molecule has 2 aliphatic heterocycles. The first-order chi connectivity index (χ1) is 18.2. The van der Waals surface area contributed by atoms with E-state index in [2.05, 4.69) is 76.0 Å². The van der Waals surface area contributed by atoms with Crippen molar-refractivity contribution in [3.05, 3.63) is 77.6 Å². The van der Waals surface area contributed by atoms with Gasteiger partial charge in [-0.15, -0.1) is 0 Å². The molecule has 1 unspecified atom stereocenters. The summed E-state index contributed by atoms with van der Waals surface area (Å²) in [7, 11) is -1.02. The van der Waals surface area contributed by atoms with Gasteiger partial charge in [0.1, 0.15) is 10.7 Å². The average Bonchev–Trinajstić information content (AvgIpc) is 3.39.